The predicted molar refractivity (Wildman–Crippen MR) is 157 cm³/mol. The molecule has 0 aliphatic carbocycles. The van der Waals surface area contributed by atoms with E-state index in [0.29, 0.717) is 50.3 Å². The van der Waals surface area contributed by atoms with Crippen molar-refractivity contribution in [3.05, 3.63) is 57.9 Å². The molecule has 0 saturated carbocycles. The number of aryl methyl sites for hydroxylation is 1. The molecule has 0 amide bonds. The number of halogens is 1. The second kappa shape index (κ2) is 9.25. The number of carbonyl (C=O) groups is 1. The molecule has 2 fully saturated rings. The van der Waals surface area contributed by atoms with Gasteiger partial charge in [0.05, 0.1) is 33.2 Å². The van der Waals surface area contributed by atoms with E-state index in [1.54, 1.807) is 32.6 Å². The monoisotopic (exact) mass is 566 g/mol. The Morgan fingerprint density at radius 1 is 1.21 bits per heavy atom. The highest BCUT2D eigenvalue weighted by molar-refractivity contribution is 6.20. The van der Waals surface area contributed by atoms with E-state index < -0.39 is 17.2 Å². The van der Waals surface area contributed by atoms with Crippen molar-refractivity contribution >= 4 is 50.3 Å². The highest BCUT2D eigenvalue weighted by atomic mass is 19.1. The largest absolute Gasteiger partial charge is 0.477 e. The molecule has 42 heavy (non-hydrogen) atoms. The summed E-state index contributed by atoms with van der Waals surface area (Å²) in [5.41, 5.74) is 2.90. The standard InChI is InChI=1S/C30H27FN8O3/c1-33-21-7-20(31)17(8-32)23-24-26(39-5-4-14-11-37(2)13-22(14)39)18(10-34-28(24)36-25(21)23)15-6-16-27(40)19(30(41)42)12-38(3)29(16)35-9-15/h6-7,9-10,12,14,22,33H,4-5,11,13H2,1-3H3,(H,34,36)(H,41,42). The number of aromatic carboxylic acids is 1. The molecule has 2 unspecified atom stereocenters. The van der Waals surface area contributed by atoms with E-state index in [0.717, 1.165) is 31.7 Å². The molecule has 0 radical (unpaired) electrons. The molecule has 12 heteroatoms. The number of hydrogen-bond donors (Lipinski definition) is 3. The SMILES string of the molecule is CNc1cc(F)c(C#N)c2c1[nH]c1ncc(-c3cnc4c(c3)c(=O)c(C(=O)O)cn4C)c(N3CCC4CN(C)CC43)c12. The van der Waals surface area contributed by atoms with E-state index in [9.17, 15) is 20.0 Å². The quantitative estimate of drug-likeness (QED) is 0.298. The van der Waals surface area contributed by atoms with Crippen molar-refractivity contribution in [2.24, 2.45) is 13.0 Å². The minimum Gasteiger partial charge on any atom is -0.477 e. The van der Waals surface area contributed by atoms with Crippen LogP contribution in [0.15, 0.2) is 35.5 Å². The average Bonchev–Trinajstić information content (AvgIpc) is 3.66. The lowest BCUT2D eigenvalue weighted by molar-refractivity contribution is 0.0695. The minimum atomic E-state index is -1.31. The van der Waals surface area contributed by atoms with Crippen LogP contribution in [-0.2, 0) is 7.05 Å². The highest BCUT2D eigenvalue weighted by Gasteiger charge is 2.42. The van der Waals surface area contributed by atoms with E-state index in [1.807, 2.05) is 0 Å². The zero-order chi connectivity index (χ0) is 29.4. The van der Waals surface area contributed by atoms with Crippen LogP contribution < -0.4 is 15.6 Å². The fourth-order valence-corrected chi connectivity index (χ4v) is 6.91. The Bertz CT molecular complexity index is 2080. The fourth-order valence-electron chi connectivity index (χ4n) is 6.91. The highest BCUT2D eigenvalue weighted by Crippen LogP contribution is 2.47. The number of nitrogens with one attached hydrogen (secondary N) is 2. The number of hydrogen-bond acceptors (Lipinski definition) is 8. The third kappa shape index (κ3) is 3.60. The Kier molecular flexibility index (Phi) is 5.71. The Morgan fingerprint density at radius 3 is 2.76 bits per heavy atom. The van der Waals surface area contributed by atoms with Gasteiger partial charge in [-0.2, -0.15) is 5.26 Å². The van der Waals surface area contributed by atoms with Gasteiger partial charge in [-0.1, -0.05) is 0 Å². The summed E-state index contributed by atoms with van der Waals surface area (Å²) in [6.07, 6.45) is 5.58. The van der Waals surface area contributed by atoms with Gasteiger partial charge in [0, 0.05) is 80.9 Å². The van der Waals surface area contributed by atoms with Crippen LogP contribution in [0.1, 0.15) is 22.3 Å². The summed E-state index contributed by atoms with van der Waals surface area (Å²) in [5.74, 6) is -1.51. The number of carboxylic acids is 1. The number of H-pyrrole nitrogens is 1. The number of benzene rings is 1. The summed E-state index contributed by atoms with van der Waals surface area (Å²) < 4.78 is 16.8. The van der Waals surface area contributed by atoms with Crippen molar-refractivity contribution in [1.29, 1.82) is 5.26 Å². The number of aromatic amines is 1. The van der Waals surface area contributed by atoms with Crippen LogP contribution in [-0.4, -0.2) is 75.3 Å². The number of likely N-dealkylation sites (tertiary alicyclic amines) is 1. The molecule has 212 valence electrons. The molecule has 2 aliphatic heterocycles. The molecule has 3 N–H and O–H groups in total. The zero-order valence-electron chi connectivity index (χ0n) is 23.2. The summed E-state index contributed by atoms with van der Waals surface area (Å²) in [7, 11) is 5.43. The Balaban J connectivity index is 1.59. The van der Waals surface area contributed by atoms with Gasteiger partial charge in [-0.15, -0.1) is 0 Å². The van der Waals surface area contributed by atoms with Gasteiger partial charge in [-0.25, -0.2) is 19.2 Å². The first kappa shape index (κ1) is 25.9. The Hall–Kier alpha value is -5.02. The first-order chi connectivity index (χ1) is 20.2. The van der Waals surface area contributed by atoms with Crippen molar-refractivity contribution in [3.63, 3.8) is 0 Å². The molecule has 11 nitrogen and oxygen atoms in total. The topological polar surface area (TPSA) is 143 Å². The lowest BCUT2D eigenvalue weighted by Crippen LogP contribution is -2.35. The molecule has 7 rings (SSSR count). The molecule has 1 aromatic carbocycles. The van der Waals surface area contributed by atoms with E-state index in [2.05, 4.69) is 38.2 Å². The molecule has 2 atom stereocenters. The smallest absolute Gasteiger partial charge is 0.341 e. The van der Waals surface area contributed by atoms with E-state index in [1.165, 1.54) is 16.8 Å². The van der Waals surface area contributed by atoms with Gasteiger partial charge in [0.1, 0.15) is 28.7 Å². The van der Waals surface area contributed by atoms with Crippen molar-refractivity contribution in [1.82, 2.24) is 24.4 Å². The van der Waals surface area contributed by atoms with Crippen LogP contribution in [0.2, 0.25) is 0 Å². The maximum Gasteiger partial charge on any atom is 0.341 e. The first-order valence-corrected chi connectivity index (χ1v) is 13.6. The maximum atomic E-state index is 15.3. The lowest BCUT2D eigenvalue weighted by Gasteiger charge is -2.29. The Morgan fingerprint density at radius 2 is 2.02 bits per heavy atom. The molecule has 4 aromatic heterocycles. The van der Waals surface area contributed by atoms with E-state index in [4.69, 9.17) is 4.98 Å². The molecule has 0 spiro atoms. The molecule has 2 saturated heterocycles. The third-order valence-corrected chi connectivity index (χ3v) is 8.78. The van der Waals surface area contributed by atoms with Crippen LogP contribution in [0, 0.1) is 23.1 Å². The number of aromatic nitrogens is 4. The van der Waals surface area contributed by atoms with Crippen molar-refractivity contribution in [3.8, 4) is 17.2 Å². The normalized spacial score (nSPS) is 18.7. The summed E-state index contributed by atoms with van der Waals surface area (Å²) in [4.78, 5) is 42.2. The predicted octanol–water partition coefficient (Wildman–Crippen LogP) is 3.52. The van der Waals surface area contributed by atoms with Crippen LogP contribution in [0.5, 0.6) is 0 Å². The molecular formula is C30H27FN8O3. The van der Waals surface area contributed by atoms with Gasteiger partial charge < -0.3 is 29.8 Å². The number of carboxylic acid groups (broad SMARTS) is 1. The molecule has 5 aromatic rings. The third-order valence-electron chi connectivity index (χ3n) is 8.78. The lowest BCUT2D eigenvalue weighted by atomic mass is 9.98. The number of anilines is 2. The van der Waals surface area contributed by atoms with Gasteiger partial charge in [0.25, 0.3) is 0 Å². The van der Waals surface area contributed by atoms with Crippen molar-refractivity contribution in [2.75, 3.05) is 43.9 Å². The average molecular weight is 567 g/mol. The summed E-state index contributed by atoms with van der Waals surface area (Å²) in [6, 6.07) is 5.20. The summed E-state index contributed by atoms with van der Waals surface area (Å²) in [5, 5.41) is 23.9. The zero-order valence-corrected chi connectivity index (χ0v) is 23.2. The number of rotatable bonds is 4. The number of nitriles is 1. The van der Waals surface area contributed by atoms with Gasteiger partial charge in [-0.05, 0) is 25.5 Å². The van der Waals surface area contributed by atoms with Crippen LogP contribution >= 0.6 is 0 Å². The minimum absolute atomic E-state index is 0.0775. The first-order valence-electron chi connectivity index (χ1n) is 13.6. The second-order valence-electron chi connectivity index (χ2n) is 11.2. The van der Waals surface area contributed by atoms with Gasteiger partial charge >= 0.3 is 5.97 Å². The molecule has 0 bridgehead atoms. The van der Waals surface area contributed by atoms with Gasteiger partial charge in [0.15, 0.2) is 0 Å². The molecule has 6 heterocycles. The van der Waals surface area contributed by atoms with Crippen molar-refractivity contribution < 1.29 is 14.3 Å². The maximum absolute atomic E-state index is 15.3. The van der Waals surface area contributed by atoms with Crippen LogP contribution in [0.4, 0.5) is 15.8 Å². The number of nitrogens with zero attached hydrogens (tertiary/aromatic N) is 6. The number of fused-ring (bicyclic) bond motifs is 5. The van der Waals surface area contributed by atoms with Gasteiger partial charge in [0.2, 0.25) is 5.43 Å². The van der Waals surface area contributed by atoms with E-state index >= 15 is 4.39 Å². The van der Waals surface area contributed by atoms with Gasteiger partial charge in [-0.3, -0.25) is 4.79 Å². The number of pyridine rings is 3. The number of likely N-dealkylation sites (N-methyl/N-ethyl adjacent to an activating group) is 1. The second-order valence-corrected chi connectivity index (χ2v) is 11.2. The molecule has 2 aliphatic rings. The summed E-state index contributed by atoms with van der Waals surface area (Å²) >= 11 is 0. The van der Waals surface area contributed by atoms with Crippen LogP contribution in [0.25, 0.3) is 44.1 Å². The van der Waals surface area contributed by atoms with Crippen LogP contribution in [0.3, 0.4) is 0 Å². The summed E-state index contributed by atoms with van der Waals surface area (Å²) in [6.45, 7) is 2.56. The van der Waals surface area contributed by atoms with Crippen molar-refractivity contribution in [2.45, 2.75) is 12.5 Å². The Labute approximate surface area is 238 Å². The molecular weight excluding hydrogens is 539 g/mol. The van der Waals surface area contributed by atoms with E-state index in [-0.39, 0.29) is 22.6 Å². The fraction of sp³-hybridized carbons (Fsp3) is 0.300.